The molecule has 0 aliphatic carbocycles. The molecule has 0 saturated heterocycles. The van der Waals surface area contributed by atoms with E-state index in [0.717, 1.165) is 11.1 Å². The van der Waals surface area contributed by atoms with E-state index in [9.17, 15) is 8.42 Å². The molecule has 5 nitrogen and oxygen atoms in total. The van der Waals surface area contributed by atoms with E-state index in [0.29, 0.717) is 24.3 Å². The van der Waals surface area contributed by atoms with Crippen LogP contribution in [-0.2, 0) is 27.6 Å². The maximum Gasteiger partial charge on any atom is 0.243 e. The van der Waals surface area contributed by atoms with Crippen molar-refractivity contribution in [1.29, 1.82) is 0 Å². The Balaban J connectivity index is 3.32. The highest BCUT2D eigenvalue weighted by Crippen LogP contribution is 2.25. The molecular formula is C15H25NO4S. The summed E-state index contributed by atoms with van der Waals surface area (Å²) in [5.74, 6) is 0. The van der Waals surface area contributed by atoms with Crippen LogP contribution in [0.25, 0.3) is 0 Å². The van der Waals surface area contributed by atoms with E-state index in [1.165, 1.54) is 11.4 Å². The predicted molar refractivity (Wildman–Crippen MR) is 82.9 cm³/mol. The van der Waals surface area contributed by atoms with Gasteiger partial charge >= 0.3 is 0 Å². The summed E-state index contributed by atoms with van der Waals surface area (Å²) in [4.78, 5) is 0.388. The van der Waals surface area contributed by atoms with Crippen molar-refractivity contribution in [1.82, 2.24) is 4.31 Å². The number of nitrogens with zero attached hydrogens (tertiary/aromatic N) is 1. The van der Waals surface area contributed by atoms with Crippen molar-refractivity contribution in [3.8, 4) is 0 Å². The molecule has 0 aliphatic heterocycles. The van der Waals surface area contributed by atoms with Gasteiger partial charge < -0.3 is 9.84 Å². The number of ether oxygens (including phenoxy) is 1. The minimum atomic E-state index is -3.63. The lowest BCUT2D eigenvalue weighted by molar-refractivity contribution is 0.168. The van der Waals surface area contributed by atoms with E-state index in [1.807, 2.05) is 32.0 Å². The lowest BCUT2D eigenvalue weighted by atomic mass is 10.1. The summed E-state index contributed by atoms with van der Waals surface area (Å²) in [6.07, 6.45) is 1.30. The minimum absolute atomic E-state index is 0.0763. The van der Waals surface area contributed by atoms with Crippen molar-refractivity contribution < 1.29 is 18.3 Å². The van der Waals surface area contributed by atoms with Crippen molar-refractivity contribution in [3.05, 3.63) is 29.3 Å². The van der Waals surface area contributed by atoms with E-state index in [2.05, 4.69) is 0 Å². The molecule has 0 radical (unpaired) electrons. The Morgan fingerprint density at radius 3 is 2.14 bits per heavy atom. The van der Waals surface area contributed by atoms with Gasteiger partial charge in [0.05, 0.1) is 18.1 Å². The molecule has 0 bridgehead atoms. The summed E-state index contributed by atoms with van der Waals surface area (Å²) >= 11 is 0. The second kappa shape index (κ2) is 8.48. The molecule has 0 atom stereocenters. The third-order valence-corrected chi connectivity index (χ3v) is 5.52. The highest BCUT2D eigenvalue weighted by Gasteiger charge is 2.28. The molecule has 1 aromatic carbocycles. The molecule has 0 saturated carbocycles. The van der Waals surface area contributed by atoms with Gasteiger partial charge in [-0.3, -0.25) is 0 Å². The molecular weight excluding hydrogens is 290 g/mol. The first-order chi connectivity index (χ1) is 10.0. The van der Waals surface area contributed by atoms with Gasteiger partial charge in [0.25, 0.3) is 0 Å². The summed E-state index contributed by atoms with van der Waals surface area (Å²) < 4.78 is 32.2. The highest BCUT2D eigenvalue weighted by atomic mass is 32.2. The van der Waals surface area contributed by atoms with Crippen LogP contribution >= 0.6 is 0 Å². The lowest BCUT2D eigenvalue weighted by Crippen LogP contribution is -2.37. The third-order valence-electron chi connectivity index (χ3n) is 3.43. The third kappa shape index (κ3) is 4.26. The number of aliphatic hydroxyl groups is 1. The number of aryl methyl sites for hydroxylation is 2. The smallest absolute Gasteiger partial charge is 0.243 e. The van der Waals surface area contributed by atoms with Crippen LogP contribution in [0.1, 0.15) is 25.0 Å². The van der Waals surface area contributed by atoms with Crippen LogP contribution in [-0.4, -0.2) is 51.2 Å². The maximum absolute atomic E-state index is 12.9. The molecule has 0 heterocycles. The number of methoxy groups -OCH3 is 1. The average molecular weight is 315 g/mol. The van der Waals surface area contributed by atoms with E-state index in [4.69, 9.17) is 9.84 Å². The zero-order chi connectivity index (χ0) is 15.9. The van der Waals surface area contributed by atoms with Crippen LogP contribution in [0.3, 0.4) is 0 Å². The molecule has 6 heteroatoms. The predicted octanol–water partition coefficient (Wildman–Crippen LogP) is 1.44. The summed E-state index contributed by atoms with van der Waals surface area (Å²) in [6.45, 7) is 4.29. The summed E-state index contributed by atoms with van der Waals surface area (Å²) in [7, 11) is -2.10. The standard InChI is InChI=1S/C15H25NO4S/c1-4-13-7-6-8-14(5-2)15(13)21(18,19)16(9-11-17)10-12-20-3/h6-8,17H,4-5,9-12H2,1-3H3. The second-order valence-electron chi connectivity index (χ2n) is 4.73. The number of aliphatic hydroxyl groups excluding tert-OH is 1. The fourth-order valence-corrected chi connectivity index (χ4v) is 4.29. The largest absolute Gasteiger partial charge is 0.395 e. The molecule has 0 spiro atoms. The molecule has 21 heavy (non-hydrogen) atoms. The van der Waals surface area contributed by atoms with Gasteiger partial charge in [-0.15, -0.1) is 0 Å². The fourth-order valence-electron chi connectivity index (χ4n) is 2.31. The fraction of sp³-hybridized carbons (Fsp3) is 0.600. The molecule has 0 aliphatic rings. The molecule has 0 aromatic heterocycles. The van der Waals surface area contributed by atoms with Crippen LogP contribution < -0.4 is 0 Å². The van der Waals surface area contributed by atoms with E-state index in [-0.39, 0.29) is 19.7 Å². The zero-order valence-electron chi connectivity index (χ0n) is 13.0. The second-order valence-corrected chi connectivity index (χ2v) is 6.61. The first-order valence-electron chi connectivity index (χ1n) is 7.23. The van der Waals surface area contributed by atoms with Gasteiger partial charge in [-0.25, -0.2) is 8.42 Å². The molecule has 0 fully saturated rings. The summed E-state index contributed by atoms with van der Waals surface area (Å²) in [6, 6.07) is 5.58. The Hall–Kier alpha value is -0.950. The number of hydrogen-bond donors (Lipinski definition) is 1. The molecule has 0 amide bonds. The van der Waals surface area contributed by atoms with E-state index in [1.54, 1.807) is 0 Å². The minimum Gasteiger partial charge on any atom is -0.395 e. The Morgan fingerprint density at radius 1 is 1.14 bits per heavy atom. The SMILES string of the molecule is CCc1cccc(CC)c1S(=O)(=O)N(CCO)CCOC. The van der Waals surface area contributed by atoms with Crippen LogP contribution in [0, 0.1) is 0 Å². The normalized spacial score (nSPS) is 12.0. The van der Waals surface area contributed by atoms with Crippen molar-refractivity contribution in [2.75, 3.05) is 33.4 Å². The van der Waals surface area contributed by atoms with Gasteiger partial charge in [-0.1, -0.05) is 32.0 Å². The molecule has 1 aromatic rings. The zero-order valence-corrected chi connectivity index (χ0v) is 13.8. The van der Waals surface area contributed by atoms with Crippen molar-refractivity contribution in [3.63, 3.8) is 0 Å². The quantitative estimate of drug-likeness (QED) is 0.749. The Kier molecular flexibility index (Phi) is 7.31. The topological polar surface area (TPSA) is 66.8 Å². The monoisotopic (exact) mass is 315 g/mol. The molecule has 120 valence electrons. The van der Waals surface area contributed by atoms with Gasteiger partial charge in [0.15, 0.2) is 0 Å². The first kappa shape index (κ1) is 18.1. The van der Waals surface area contributed by atoms with Gasteiger partial charge in [-0.2, -0.15) is 4.31 Å². The maximum atomic E-state index is 12.9. The molecule has 1 rings (SSSR count). The number of sulfonamides is 1. The van der Waals surface area contributed by atoms with Crippen molar-refractivity contribution >= 4 is 10.0 Å². The first-order valence-corrected chi connectivity index (χ1v) is 8.67. The Bertz CT molecular complexity index is 520. The Labute approximate surface area is 127 Å². The van der Waals surface area contributed by atoms with Crippen LogP contribution in [0.4, 0.5) is 0 Å². The van der Waals surface area contributed by atoms with E-state index < -0.39 is 10.0 Å². The van der Waals surface area contributed by atoms with Gasteiger partial charge in [0, 0.05) is 20.2 Å². The molecule has 0 unspecified atom stereocenters. The average Bonchev–Trinajstić information content (AvgIpc) is 2.50. The highest BCUT2D eigenvalue weighted by molar-refractivity contribution is 7.89. The van der Waals surface area contributed by atoms with Crippen LogP contribution in [0.2, 0.25) is 0 Å². The van der Waals surface area contributed by atoms with Gasteiger partial charge in [0.1, 0.15) is 0 Å². The van der Waals surface area contributed by atoms with Gasteiger partial charge in [-0.05, 0) is 24.0 Å². The van der Waals surface area contributed by atoms with Crippen LogP contribution in [0.15, 0.2) is 23.1 Å². The van der Waals surface area contributed by atoms with E-state index >= 15 is 0 Å². The van der Waals surface area contributed by atoms with Gasteiger partial charge in [0.2, 0.25) is 10.0 Å². The molecule has 1 N–H and O–H groups in total. The number of hydrogen-bond acceptors (Lipinski definition) is 4. The van der Waals surface area contributed by atoms with Crippen LogP contribution in [0.5, 0.6) is 0 Å². The number of rotatable bonds is 9. The van der Waals surface area contributed by atoms with Crippen molar-refractivity contribution in [2.24, 2.45) is 0 Å². The lowest BCUT2D eigenvalue weighted by Gasteiger charge is -2.24. The number of benzene rings is 1. The van der Waals surface area contributed by atoms with Crippen molar-refractivity contribution in [2.45, 2.75) is 31.6 Å². The Morgan fingerprint density at radius 2 is 1.71 bits per heavy atom. The summed E-state index contributed by atoms with van der Waals surface area (Å²) in [5.41, 5.74) is 1.63. The summed E-state index contributed by atoms with van der Waals surface area (Å²) in [5, 5.41) is 9.15.